The van der Waals surface area contributed by atoms with Crippen LogP contribution in [0.3, 0.4) is 0 Å². The van der Waals surface area contributed by atoms with Crippen molar-refractivity contribution in [2.24, 2.45) is 7.05 Å². The Labute approximate surface area is 113 Å². The van der Waals surface area contributed by atoms with Crippen molar-refractivity contribution >= 4 is 0 Å². The molecule has 0 unspecified atom stereocenters. The number of nitrogens with one attached hydrogen (secondary N) is 1. The second kappa shape index (κ2) is 5.36. The summed E-state index contributed by atoms with van der Waals surface area (Å²) in [6, 6.07) is 10.3. The number of aromatic nitrogens is 1. The fourth-order valence-electron chi connectivity index (χ4n) is 2.23. The molecule has 2 heterocycles. The van der Waals surface area contributed by atoms with Gasteiger partial charge >= 0.3 is 0 Å². The maximum absolute atomic E-state index is 5.37. The zero-order valence-corrected chi connectivity index (χ0v) is 11.1. The molecule has 1 aromatic heterocycles. The Morgan fingerprint density at radius 3 is 2.95 bits per heavy atom. The molecule has 3 rings (SSSR count). The van der Waals surface area contributed by atoms with Crippen molar-refractivity contribution in [1.82, 2.24) is 9.88 Å². The Morgan fingerprint density at radius 1 is 1.21 bits per heavy atom. The third-order valence-corrected chi connectivity index (χ3v) is 3.38. The van der Waals surface area contributed by atoms with Gasteiger partial charge in [0.15, 0.2) is 11.5 Å². The number of aryl methyl sites for hydroxylation is 1. The van der Waals surface area contributed by atoms with E-state index in [0.717, 1.165) is 31.0 Å². The highest BCUT2D eigenvalue weighted by atomic mass is 16.7. The minimum absolute atomic E-state index is 0.338. The van der Waals surface area contributed by atoms with E-state index in [4.69, 9.17) is 9.47 Å². The lowest BCUT2D eigenvalue weighted by Gasteiger charge is -2.07. The van der Waals surface area contributed by atoms with Crippen molar-refractivity contribution in [3.63, 3.8) is 0 Å². The minimum Gasteiger partial charge on any atom is -0.454 e. The molecular weight excluding hydrogens is 240 g/mol. The van der Waals surface area contributed by atoms with Crippen LogP contribution in [-0.4, -0.2) is 17.9 Å². The zero-order chi connectivity index (χ0) is 13.1. The minimum atomic E-state index is 0.338. The molecule has 0 fully saturated rings. The van der Waals surface area contributed by atoms with Gasteiger partial charge in [0, 0.05) is 25.5 Å². The molecule has 1 N–H and O–H groups in total. The number of hydrogen-bond donors (Lipinski definition) is 1. The van der Waals surface area contributed by atoms with Crippen molar-refractivity contribution in [2.75, 3.05) is 13.3 Å². The van der Waals surface area contributed by atoms with Gasteiger partial charge in [-0.05, 0) is 42.8 Å². The molecule has 0 amide bonds. The molecule has 4 heteroatoms. The van der Waals surface area contributed by atoms with E-state index in [1.807, 2.05) is 6.07 Å². The van der Waals surface area contributed by atoms with Crippen LogP contribution in [0.5, 0.6) is 11.5 Å². The summed E-state index contributed by atoms with van der Waals surface area (Å²) in [6.45, 7) is 2.18. The first-order valence-corrected chi connectivity index (χ1v) is 6.52. The Balaban J connectivity index is 1.49. The summed E-state index contributed by atoms with van der Waals surface area (Å²) in [6.07, 6.45) is 3.05. The lowest BCUT2D eigenvalue weighted by Crippen LogP contribution is -2.18. The molecule has 0 bridgehead atoms. The first-order valence-electron chi connectivity index (χ1n) is 6.52. The van der Waals surface area contributed by atoms with Gasteiger partial charge in [-0.15, -0.1) is 0 Å². The van der Waals surface area contributed by atoms with Crippen molar-refractivity contribution in [1.29, 1.82) is 0 Å². The summed E-state index contributed by atoms with van der Waals surface area (Å²) in [5.74, 6) is 1.71. The van der Waals surface area contributed by atoms with Crippen LogP contribution < -0.4 is 14.8 Å². The fourth-order valence-corrected chi connectivity index (χ4v) is 2.23. The molecule has 4 nitrogen and oxygen atoms in total. The van der Waals surface area contributed by atoms with Gasteiger partial charge in [0.25, 0.3) is 0 Å². The molecular formula is C15H18N2O2. The van der Waals surface area contributed by atoms with E-state index >= 15 is 0 Å². The average Bonchev–Trinajstić information content (AvgIpc) is 3.03. The molecule has 0 saturated carbocycles. The smallest absolute Gasteiger partial charge is 0.231 e. The fraction of sp³-hybridized carbons (Fsp3) is 0.333. The molecule has 0 aliphatic carbocycles. The van der Waals surface area contributed by atoms with Crippen molar-refractivity contribution in [3.8, 4) is 11.5 Å². The van der Waals surface area contributed by atoms with Gasteiger partial charge in [-0.25, -0.2) is 0 Å². The van der Waals surface area contributed by atoms with Crippen LogP contribution in [0.4, 0.5) is 0 Å². The molecule has 0 spiro atoms. The van der Waals surface area contributed by atoms with E-state index in [2.05, 4.69) is 47.4 Å². The van der Waals surface area contributed by atoms with Gasteiger partial charge in [-0.2, -0.15) is 0 Å². The van der Waals surface area contributed by atoms with E-state index in [1.54, 1.807) is 0 Å². The lowest BCUT2D eigenvalue weighted by molar-refractivity contribution is 0.174. The zero-order valence-electron chi connectivity index (χ0n) is 11.1. The largest absolute Gasteiger partial charge is 0.454 e. The number of fused-ring (bicyclic) bond motifs is 1. The Hall–Kier alpha value is -1.94. The molecule has 1 aromatic carbocycles. The molecule has 1 aliphatic rings. The molecule has 1 aliphatic heterocycles. The summed E-state index contributed by atoms with van der Waals surface area (Å²) in [5.41, 5.74) is 2.56. The lowest BCUT2D eigenvalue weighted by atomic mass is 10.1. The van der Waals surface area contributed by atoms with E-state index in [-0.39, 0.29) is 0 Å². The first kappa shape index (κ1) is 12.1. The third kappa shape index (κ3) is 2.74. The topological polar surface area (TPSA) is 35.4 Å². The third-order valence-electron chi connectivity index (χ3n) is 3.38. The van der Waals surface area contributed by atoms with E-state index in [1.165, 1.54) is 11.3 Å². The molecule has 19 heavy (non-hydrogen) atoms. The van der Waals surface area contributed by atoms with Crippen molar-refractivity contribution in [2.45, 2.75) is 13.0 Å². The van der Waals surface area contributed by atoms with Gasteiger partial charge in [0.2, 0.25) is 6.79 Å². The monoisotopic (exact) mass is 258 g/mol. The molecule has 0 atom stereocenters. The summed E-state index contributed by atoms with van der Waals surface area (Å²) in [7, 11) is 2.06. The van der Waals surface area contributed by atoms with E-state index in [9.17, 15) is 0 Å². The molecule has 100 valence electrons. The Morgan fingerprint density at radius 2 is 2.11 bits per heavy atom. The van der Waals surface area contributed by atoms with Gasteiger partial charge in [-0.1, -0.05) is 6.07 Å². The molecule has 0 saturated heterocycles. The number of nitrogens with zero attached hydrogens (tertiary/aromatic N) is 1. The maximum Gasteiger partial charge on any atom is 0.231 e. The van der Waals surface area contributed by atoms with Crippen LogP contribution in [-0.2, 0) is 20.0 Å². The van der Waals surface area contributed by atoms with Crippen LogP contribution in [0, 0.1) is 0 Å². The standard InChI is InChI=1S/C15H18N2O2/c1-17-8-2-3-13(17)10-16-7-6-12-4-5-14-15(9-12)19-11-18-14/h2-5,8-9,16H,6-7,10-11H2,1H3. The molecule has 2 aromatic rings. The quantitative estimate of drug-likeness (QED) is 0.834. The summed E-state index contributed by atoms with van der Waals surface area (Å²) in [5, 5.41) is 3.45. The first-order chi connectivity index (χ1) is 9.33. The van der Waals surface area contributed by atoms with Crippen LogP contribution >= 0.6 is 0 Å². The predicted octanol–water partition coefficient (Wildman–Crippen LogP) is 2.09. The van der Waals surface area contributed by atoms with Crippen LogP contribution in [0.2, 0.25) is 0 Å². The van der Waals surface area contributed by atoms with Crippen LogP contribution in [0.25, 0.3) is 0 Å². The van der Waals surface area contributed by atoms with Gasteiger partial charge in [0.05, 0.1) is 0 Å². The average molecular weight is 258 g/mol. The van der Waals surface area contributed by atoms with Crippen molar-refractivity contribution in [3.05, 3.63) is 47.8 Å². The second-order valence-electron chi connectivity index (χ2n) is 4.72. The van der Waals surface area contributed by atoms with Gasteiger partial charge in [0.1, 0.15) is 0 Å². The summed E-state index contributed by atoms with van der Waals surface area (Å²) >= 11 is 0. The highest BCUT2D eigenvalue weighted by Gasteiger charge is 2.12. The Bertz CT molecular complexity index is 563. The van der Waals surface area contributed by atoms with Gasteiger partial charge in [-0.3, -0.25) is 0 Å². The molecule has 0 radical (unpaired) electrons. The number of rotatable bonds is 5. The highest BCUT2D eigenvalue weighted by molar-refractivity contribution is 5.44. The number of ether oxygens (including phenoxy) is 2. The SMILES string of the molecule is Cn1cccc1CNCCc1ccc2c(c1)OCO2. The Kier molecular flexibility index (Phi) is 3.42. The van der Waals surface area contributed by atoms with Crippen LogP contribution in [0.15, 0.2) is 36.5 Å². The van der Waals surface area contributed by atoms with Crippen LogP contribution in [0.1, 0.15) is 11.3 Å². The summed E-state index contributed by atoms with van der Waals surface area (Å²) < 4.78 is 12.8. The predicted molar refractivity (Wildman–Crippen MR) is 73.4 cm³/mol. The van der Waals surface area contributed by atoms with E-state index < -0.39 is 0 Å². The number of hydrogen-bond acceptors (Lipinski definition) is 3. The maximum atomic E-state index is 5.37. The summed E-state index contributed by atoms with van der Waals surface area (Å²) in [4.78, 5) is 0. The highest BCUT2D eigenvalue weighted by Crippen LogP contribution is 2.32. The van der Waals surface area contributed by atoms with Crippen molar-refractivity contribution < 1.29 is 9.47 Å². The second-order valence-corrected chi connectivity index (χ2v) is 4.72. The van der Waals surface area contributed by atoms with Gasteiger partial charge < -0.3 is 19.4 Å². The normalized spacial score (nSPS) is 12.9. The van der Waals surface area contributed by atoms with E-state index in [0.29, 0.717) is 6.79 Å². The number of benzene rings is 1.